The number of hydrogen-bond acceptors (Lipinski definition) is 1. The van der Waals surface area contributed by atoms with Gasteiger partial charge >= 0.3 is 6.41 Å². The lowest BCUT2D eigenvalue weighted by Gasteiger charge is -2.08. The minimum Gasteiger partial charge on any atom is -0.338 e. The highest BCUT2D eigenvalue weighted by molar-refractivity contribution is 5.47. The molecule has 1 radical (unpaired) electrons. The zero-order valence-corrected chi connectivity index (χ0v) is 14.0. The number of hydrogen-bond donors (Lipinski definition) is 0. The Morgan fingerprint density at radius 3 is 1.35 bits per heavy atom. The van der Waals surface area contributed by atoms with Gasteiger partial charge in [0.25, 0.3) is 0 Å². The Morgan fingerprint density at radius 2 is 1.00 bits per heavy atom. The number of rotatable bonds is 16. The number of carbonyl (C=O) groups excluding carboxylic acids is 1. The summed E-state index contributed by atoms with van der Waals surface area (Å²) in [5.41, 5.74) is 0. The maximum Gasteiger partial charge on any atom is 0.311 e. The molecule has 0 saturated carbocycles. The van der Waals surface area contributed by atoms with Crippen LogP contribution in [0.15, 0.2) is 0 Å². The van der Waals surface area contributed by atoms with Crippen LogP contribution in [0.3, 0.4) is 0 Å². The molecule has 0 saturated heterocycles. The van der Waals surface area contributed by atoms with Crippen LogP contribution in [-0.4, -0.2) is 24.9 Å². The fourth-order valence-corrected chi connectivity index (χ4v) is 2.59. The molecule has 0 spiro atoms. The van der Waals surface area contributed by atoms with E-state index in [1.165, 1.54) is 83.5 Å². The minimum atomic E-state index is 0.863. The third-order valence-corrected chi connectivity index (χ3v) is 4.00. The lowest BCUT2D eigenvalue weighted by atomic mass is 10.0. The van der Waals surface area contributed by atoms with Crippen molar-refractivity contribution in [1.29, 1.82) is 0 Å². The average molecular weight is 282 g/mol. The SMILES string of the molecule is CCCCCCCCCCCCCCCCN(C)[C]=O. The number of unbranched alkanes of at least 4 members (excludes halogenated alkanes) is 13. The Morgan fingerprint density at radius 1 is 0.650 bits per heavy atom. The molecule has 0 bridgehead atoms. The van der Waals surface area contributed by atoms with Gasteiger partial charge < -0.3 is 4.90 Å². The number of nitrogens with zero attached hydrogens (tertiary/aromatic N) is 1. The Kier molecular flexibility index (Phi) is 16.1. The second-order valence-electron chi connectivity index (χ2n) is 6.11. The summed E-state index contributed by atoms with van der Waals surface area (Å²) in [6.45, 7) is 3.14. The van der Waals surface area contributed by atoms with E-state index in [0.29, 0.717) is 0 Å². The molecule has 20 heavy (non-hydrogen) atoms. The molecule has 0 aliphatic carbocycles. The lowest BCUT2D eigenvalue weighted by Crippen LogP contribution is -2.16. The van der Waals surface area contributed by atoms with Crippen molar-refractivity contribution in [1.82, 2.24) is 4.90 Å². The molecule has 119 valence electrons. The predicted octanol–water partition coefficient (Wildman–Crippen LogP) is 5.47. The van der Waals surface area contributed by atoms with Crippen molar-refractivity contribution in [2.75, 3.05) is 13.6 Å². The first-order chi connectivity index (χ1) is 9.81. The average Bonchev–Trinajstić information content (AvgIpc) is 2.47. The number of amides is 1. The maximum atomic E-state index is 10.3. The normalized spacial score (nSPS) is 10.7. The van der Waals surface area contributed by atoms with Crippen LogP contribution >= 0.6 is 0 Å². The Balaban J connectivity index is 2.97. The Labute approximate surface area is 127 Å². The van der Waals surface area contributed by atoms with Gasteiger partial charge in [-0.3, -0.25) is 4.79 Å². The van der Waals surface area contributed by atoms with Gasteiger partial charge in [-0.1, -0.05) is 90.4 Å². The molecule has 0 aliphatic heterocycles. The molecule has 0 unspecified atom stereocenters. The van der Waals surface area contributed by atoms with Gasteiger partial charge in [-0.25, -0.2) is 0 Å². The quantitative estimate of drug-likeness (QED) is 0.272. The van der Waals surface area contributed by atoms with Crippen molar-refractivity contribution in [2.24, 2.45) is 0 Å². The summed E-state index contributed by atoms with van der Waals surface area (Å²) in [6, 6.07) is 0. The van der Waals surface area contributed by atoms with Crippen LogP contribution in [-0.2, 0) is 4.79 Å². The molecule has 1 amide bonds. The molecule has 0 N–H and O–H groups in total. The maximum absolute atomic E-state index is 10.3. The van der Waals surface area contributed by atoms with Gasteiger partial charge in [0.1, 0.15) is 0 Å². The second kappa shape index (κ2) is 16.5. The smallest absolute Gasteiger partial charge is 0.311 e. The largest absolute Gasteiger partial charge is 0.338 e. The van der Waals surface area contributed by atoms with Crippen LogP contribution < -0.4 is 0 Å². The summed E-state index contributed by atoms with van der Waals surface area (Å²) in [5.74, 6) is 0. The summed E-state index contributed by atoms with van der Waals surface area (Å²) in [7, 11) is 1.80. The predicted molar refractivity (Wildman–Crippen MR) is 88.6 cm³/mol. The molecule has 0 atom stereocenters. The second-order valence-corrected chi connectivity index (χ2v) is 6.11. The molecular formula is C18H36NO. The van der Waals surface area contributed by atoms with Crippen LogP contribution in [0.4, 0.5) is 0 Å². The molecule has 0 aromatic rings. The highest BCUT2D eigenvalue weighted by Gasteiger charge is 1.96. The zero-order chi connectivity index (χ0) is 14.9. The van der Waals surface area contributed by atoms with E-state index in [4.69, 9.17) is 0 Å². The van der Waals surface area contributed by atoms with Crippen molar-refractivity contribution in [2.45, 2.75) is 96.8 Å². The first kappa shape index (κ1) is 19.5. The van der Waals surface area contributed by atoms with Crippen LogP contribution in [0.2, 0.25) is 0 Å². The molecular weight excluding hydrogens is 246 g/mol. The molecule has 0 aromatic carbocycles. The third kappa shape index (κ3) is 15.5. The minimum absolute atomic E-state index is 0.863. The monoisotopic (exact) mass is 282 g/mol. The van der Waals surface area contributed by atoms with E-state index in [-0.39, 0.29) is 0 Å². The Hall–Kier alpha value is -0.530. The topological polar surface area (TPSA) is 20.3 Å². The van der Waals surface area contributed by atoms with Gasteiger partial charge in [0.15, 0.2) is 0 Å². The highest BCUT2D eigenvalue weighted by Crippen LogP contribution is 2.12. The van der Waals surface area contributed by atoms with Crippen molar-refractivity contribution in [3.63, 3.8) is 0 Å². The summed E-state index contributed by atoms with van der Waals surface area (Å²) in [4.78, 5) is 11.9. The van der Waals surface area contributed by atoms with Crippen LogP contribution in [0.5, 0.6) is 0 Å². The van der Waals surface area contributed by atoms with Gasteiger partial charge in [0.2, 0.25) is 0 Å². The molecule has 0 aliphatic rings. The van der Waals surface area contributed by atoms with Crippen molar-refractivity contribution in [3.8, 4) is 0 Å². The van der Waals surface area contributed by atoms with Crippen molar-refractivity contribution >= 4 is 6.41 Å². The summed E-state index contributed by atoms with van der Waals surface area (Å²) < 4.78 is 0. The fraction of sp³-hybridized carbons (Fsp3) is 0.944. The summed E-state index contributed by atoms with van der Waals surface area (Å²) >= 11 is 0. The van der Waals surface area contributed by atoms with Gasteiger partial charge in [0, 0.05) is 13.6 Å². The van der Waals surface area contributed by atoms with E-state index in [9.17, 15) is 4.79 Å². The van der Waals surface area contributed by atoms with Gasteiger partial charge in [0.05, 0.1) is 0 Å². The first-order valence-corrected chi connectivity index (χ1v) is 8.90. The summed E-state index contributed by atoms with van der Waals surface area (Å²) in [5, 5.41) is 0. The lowest BCUT2D eigenvalue weighted by molar-refractivity contribution is 0.417. The van der Waals surface area contributed by atoms with E-state index < -0.39 is 0 Å². The van der Waals surface area contributed by atoms with Gasteiger partial charge in [-0.05, 0) is 6.42 Å². The first-order valence-electron chi connectivity index (χ1n) is 8.90. The van der Waals surface area contributed by atoms with Gasteiger partial charge in [-0.2, -0.15) is 0 Å². The van der Waals surface area contributed by atoms with Crippen LogP contribution in [0, 0.1) is 0 Å². The van der Waals surface area contributed by atoms with Crippen LogP contribution in [0.25, 0.3) is 0 Å². The highest BCUT2D eigenvalue weighted by atomic mass is 16.1. The Bertz CT molecular complexity index is 194. The summed E-state index contributed by atoms with van der Waals surface area (Å²) in [6.07, 6.45) is 21.2. The van der Waals surface area contributed by atoms with Gasteiger partial charge in [-0.15, -0.1) is 0 Å². The van der Waals surface area contributed by atoms with Crippen LogP contribution in [0.1, 0.15) is 96.8 Å². The van der Waals surface area contributed by atoms with E-state index in [1.54, 1.807) is 11.9 Å². The van der Waals surface area contributed by atoms with Crippen molar-refractivity contribution < 1.29 is 4.79 Å². The van der Waals surface area contributed by atoms with E-state index in [2.05, 4.69) is 6.92 Å². The fourth-order valence-electron chi connectivity index (χ4n) is 2.59. The van der Waals surface area contributed by atoms with E-state index in [0.717, 1.165) is 13.0 Å². The molecule has 2 heteroatoms. The van der Waals surface area contributed by atoms with E-state index in [1.807, 2.05) is 6.41 Å². The molecule has 0 heterocycles. The van der Waals surface area contributed by atoms with E-state index >= 15 is 0 Å². The zero-order valence-electron chi connectivity index (χ0n) is 14.0. The molecule has 0 fully saturated rings. The molecule has 0 aromatic heterocycles. The molecule has 2 nitrogen and oxygen atoms in total. The molecule has 0 rings (SSSR count). The van der Waals surface area contributed by atoms with Crippen molar-refractivity contribution in [3.05, 3.63) is 0 Å². The third-order valence-electron chi connectivity index (χ3n) is 4.00. The standard InChI is InChI=1S/C18H36NO/c1-3-4-5-6-7-8-9-10-11-12-13-14-15-16-17-19(2)18-20/h3-17H2,1-2H3.